The highest BCUT2D eigenvalue weighted by molar-refractivity contribution is 4.80. The molecule has 1 heteroatoms. The summed E-state index contributed by atoms with van der Waals surface area (Å²) in [6.07, 6.45) is 4.86. The average molecular weight is 184 g/mol. The van der Waals surface area contributed by atoms with Crippen LogP contribution in [0.5, 0.6) is 0 Å². The van der Waals surface area contributed by atoms with Crippen molar-refractivity contribution < 1.29 is 5.11 Å². The number of hydrogen-bond donors (Lipinski definition) is 1. The van der Waals surface area contributed by atoms with Crippen molar-refractivity contribution in [3.05, 3.63) is 12.7 Å². The van der Waals surface area contributed by atoms with Crippen molar-refractivity contribution >= 4 is 0 Å². The number of rotatable bonds is 5. The third kappa shape index (κ3) is 5.09. The van der Waals surface area contributed by atoms with E-state index < -0.39 is 0 Å². The molecule has 1 nitrogen and oxygen atoms in total. The summed E-state index contributed by atoms with van der Waals surface area (Å²) >= 11 is 0. The molecule has 2 atom stereocenters. The maximum atomic E-state index is 9.79. The molecule has 78 valence electrons. The Morgan fingerprint density at radius 1 is 1.31 bits per heavy atom. The third-order valence-corrected chi connectivity index (χ3v) is 2.67. The molecule has 0 fully saturated rings. The van der Waals surface area contributed by atoms with E-state index in [0.717, 1.165) is 19.3 Å². The molecule has 13 heavy (non-hydrogen) atoms. The molecular weight excluding hydrogens is 160 g/mol. The minimum Gasteiger partial charge on any atom is -0.393 e. The van der Waals surface area contributed by atoms with Crippen molar-refractivity contribution in [1.29, 1.82) is 0 Å². The van der Waals surface area contributed by atoms with Crippen LogP contribution in [0.4, 0.5) is 0 Å². The Balaban J connectivity index is 3.81. The fourth-order valence-electron chi connectivity index (χ4n) is 1.29. The van der Waals surface area contributed by atoms with Crippen molar-refractivity contribution in [1.82, 2.24) is 0 Å². The molecule has 0 saturated heterocycles. The Hall–Kier alpha value is -0.300. The highest BCUT2D eigenvalue weighted by atomic mass is 16.3. The predicted molar refractivity (Wildman–Crippen MR) is 58.7 cm³/mol. The highest BCUT2D eigenvalue weighted by Crippen LogP contribution is 2.25. The summed E-state index contributed by atoms with van der Waals surface area (Å²) < 4.78 is 0. The number of hydrogen-bond acceptors (Lipinski definition) is 1. The van der Waals surface area contributed by atoms with Crippen molar-refractivity contribution in [3.8, 4) is 0 Å². The first-order chi connectivity index (χ1) is 5.91. The Bertz CT molecular complexity index is 144. The van der Waals surface area contributed by atoms with Gasteiger partial charge in [0, 0.05) is 0 Å². The fraction of sp³-hybridized carbons (Fsp3) is 0.833. The van der Waals surface area contributed by atoms with E-state index in [1.165, 1.54) is 0 Å². The molecule has 0 aliphatic rings. The highest BCUT2D eigenvalue weighted by Gasteiger charge is 2.22. The largest absolute Gasteiger partial charge is 0.393 e. The van der Waals surface area contributed by atoms with Crippen molar-refractivity contribution in [2.24, 2.45) is 11.3 Å². The van der Waals surface area contributed by atoms with Gasteiger partial charge in [0.1, 0.15) is 0 Å². The SMILES string of the molecule is C=CC(CC)CCC(O)C(C)(C)C. The second kappa shape index (κ2) is 5.43. The lowest BCUT2D eigenvalue weighted by molar-refractivity contribution is 0.0513. The topological polar surface area (TPSA) is 20.2 Å². The summed E-state index contributed by atoms with van der Waals surface area (Å²) in [7, 11) is 0. The molecule has 0 aromatic rings. The van der Waals surface area contributed by atoms with Crippen LogP contribution in [0.25, 0.3) is 0 Å². The van der Waals surface area contributed by atoms with E-state index in [9.17, 15) is 5.11 Å². The zero-order valence-corrected chi connectivity index (χ0v) is 9.51. The van der Waals surface area contributed by atoms with E-state index in [4.69, 9.17) is 0 Å². The van der Waals surface area contributed by atoms with Crippen LogP contribution < -0.4 is 0 Å². The van der Waals surface area contributed by atoms with Crippen LogP contribution in [0, 0.1) is 11.3 Å². The van der Waals surface area contributed by atoms with Crippen LogP contribution in [-0.2, 0) is 0 Å². The number of aliphatic hydroxyl groups excluding tert-OH is 1. The van der Waals surface area contributed by atoms with E-state index in [2.05, 4.69) is 34.3 Å². The van der Waals surface area contributed by atoms with E-state index in [1.54, 1.807) is 0 Å². The molecule has 0 aromatic carbocycles. The fourth-order valence-corrected chi connectivity index (χ4v) is 1.29. The van der Waals surface area contributed by atoms with Gasteiger partial charge in [-0.1, -0.05) is 33.8 Å². The zero-order valence-electron chi connectivity index (χ0n) is 9.51. The lowest BCUT2D eigenvalue weighted by Gasteiger charge is -2.26. The van der Waals surface area contributed by atoms with E-state index in [1.807, 2.05) is 6.08 Å². The summed E-state index contributed by atoms with van der Waals surface area (Å²) in [6.45, 7) is 12.2. The lowest BCUT2D eigenvalue weighted by Crippen LogP contribution is -2.26. The van der Waals surface area contributed by atoms with Gasteiger partial charge in [-0.25, -0.2) is 0 Å². The molecule has 0 amide bonds. The molecule has 0 aliphatic carbocycles. The van der Waals surface area contributed by atoms with Crippen LogP contribution in [0.15, 0.2) is 12.7 Å². The third-order valence-electron chi connectivity index (χ3n) is 2.67. The Kier molecular flexibility index (Phi) is 5.31. The maximum Gasteiger partial charge on any atom is 0.0588 e. The normalized spacial score (nSPS) is 16.7. The predicted octanol–water partition coefficient (Wildman–Crippen LogP) is 3.39. The Morgan fingerprint density at radius 2 is 1.85 bits per heavy atom. The lowest BCUT2D eigenvalue weighted by atomic mass is 9.84. The summed E-state index contributed by atoms with van der Waals surface area (Å²) in [5, 5.41) is 9.79. The number of aliphatic hydroxyl groups is 1. The van der Waals surface area contributed by atoms with E-state index >= 15 is 0 Å². The maximum absolute atomic E-state index is 9.79. The van der Waals surface area contributed by atoms with Crippen molar-refractivity contribution in [3.63, 3.8) is 0 Å². The molecule has 0 rings (SSSR count). The average Bonchev–Trinajstić information content (AvgIpc) is 2.04. The monoisotopic (exact) mass is 184 g/mol. The van der Waals surface area contributed by atoms with Crippen LogP contribution in [-0.4, -0.2) is 11.2 Å². The Morgan fingerprint density at radius 3 is 2.15 bits per heavy atom. The first-order valence-electron chi connectivity index (χ1n) is 5.22. The second-order valence-electron chi connectivity index (χ2n) is 4.86. The van der Waals surface area contributed by atoms with Gasteiger partial charge in [-0.3, -0.25) is 0 Å². The molecular formula is C12H24O. The Labute approximate surface area is 82.9 Å². The second-order valence-corrected chi connectivity index (χ2v) is 4.86. The smallest absolute Gasteiger partial charge is 0.0588 e. The molecule has 1 N–H and O–H groups in total. The van der Waals surface area contributed by atoms with Crippen LogP contribution >= 0.6 is 0 Å². The van der Waals surface area contributed by atoms with Gasteiger partial charge in [0.15, 0.2) is 0 Å². The molecule has 0 spiro atoms. The van der Waals surface area contributed by atoms with E-state index in [-0.39, 0.29) is 11.5 Å². The molecule has 0 aromatic heterocycles. The van der Waals surface area contributed by atoms with Gasteiger partial charge in [-0.05, 0) is 30.6 Å². The zero-order chi connectivity index (χ0) is 10.5. The van der Waals surface area contributed by atoms with Gasteiger partial charge < -0.3 is 5.11 Å². The summed E-state index contributed by atoms with van der Waals surface area (Å²) in [5.41, 5.74) is 0.0134. The molecule has 0 aliphatic heterocycles. The van der Waals surface area contributed by atoms with E-state index in [0.29, 0.717) is 5.92 Å². The summed E-state index contributed by atoms with van der Waals surface area (Å²) in [4.78, 5) is 0. The summed E-state index contributed by atoms with van der Waals surface area (Å²) in [5.74, 6) is 0.567. The van der Waals surface area contributed by atoms with Crippen LogP contribution in [0.2, 0.25) is 0 Å². The molecule has 0 radical (unpaired) electrons. The molecule has 2 unspecified atom stereocenters. The van der Waals surface area contributed by atoms with Gasteiger partial charge in [0.2, 0.25) is 0 Å². The van der Waals surface area contributed by atoms with Crippen LogP contribution in [0.1, 0.15) is 47.0 Å². The quantitative estimate of drug-likeness (QED) is 0.649. The molecule has 0 bridgehead atoms. The van der Waals surface area contributed by atoms with Gasteiger partial charge in [-0.2, -0.15) is 0 Å². The summed E-state index contributed by atoms with van der Waals surface area (Å²) in [6, 6.07) is 0. The number of allylic oxidation sites excluding steroid dienone is 1. The van der Waals surface area contributed by atoms with Gasteiger partial charge in [-0.15, -0.1) is 6.58 Å². The molecule has 0 saturated carbocycles. The molecule has 0 heterocycles. The minimum absolute atomic E-state index is 0.0134. The van der Waals surface area contributed by atoms with Crippen LogP contribution in [0.3, 0.4) is 0 Å². The van der Waals surface area contributed by atoms with Gasteiger partial charge in [0.25, 0.3) is 0 Å². The van der Waals surface area contributed by atoms with Crippen molar-refractivity contribution in [2.75, 3.05) is 0 Å². The van der Waals surface area contributed by atoms with Gasteiger partial charge >= 0.3 is 0 Å². The van der Waals surface area contributed by atoms with Gasteiger partial charge in [0.05, 0.1) is 6.10 Å². The van der Waals surface area contributed by atoms with Crippen molar-refractivity contribution in [2.45, 2.75) is 53.1 Å². The first kappa shape index (κ1) is 12.7. The standard InChI is InChI=1S/C12H24O/c1-6-10(7-2)8-9-11(13)12(3,4)5/h6,10-11,13H,1,7-9H2,2-5H3. The minimum atomic E-state index is -0.193. The first-order valence-corrected chi connectivity index (χ1v) is 5.22.